The maximum atomic E-state index is 6.21. The molecule has 106 valence electrons. The van der Waals surface area contributed by atoms with Gasteiger partial charge in [-0.3, -0.25) is 0 Å². The van der Waals surface area contributed by atoms with E-state index in [1.807, 2.05) is 18.2 Å². The van der Waals surface area contributed by atoms with Gasteiger partial charge < -0.3 is 0 Å². The molecule has 1 aromatic carbocycles. The molecule has 6 heteroatoms. The molecule has 0 saturated carbocycles. The van der Waals surface area contributed by atoms with Crippen LogP contribution in [0.4, 0.5) is 0 Å². The van der Waals surface area contributed by atoms with Gasteiger partial charge in [-0.25, -0.2) is 9.97 Å². The standard InChI is InChI=1S/C14H12Br2Cl2N2/c1-14(2,3)11-10(16)12(18)20-13(19-11)7-4-5-8(15)9(17)6-7/h4-6H,1-3H3. The average molecular weight is 439 g/mol. The SMILES string of the molecule is CC(C)(C)c1nc(-c2ccc(Br)c(Cl)c2)nc(Cl)c1Br. The van der Waals surface area contributed by atoms with E-state index in [0.717, 1.165) is 20.2 Å². The van der Waals surface area contributed by atoms with Crippen molar-refractivity contribution in [1.82, 2.24) is 9.97 Å². The molecule has 0 aliphatic rings. The lowest BCUT2D eigenvalue weighted by Crippen LogP contribution is -2.16. The highest BCUT2D eigenvalue weighted by atomic mass is 79.9. The topological polar surface area (TPSA) is 25.8 Å². The first-order valence-corrected chi connectivity index (χ1v) is 8.23. The molecular formula is C14H12Br2Cl2N2. The van der Waals surface area contributed by atoms with Crippen molar-refractivity contribution in [1.29, 1.82) is 0 Å². The van der Waals surface area contributed by atoms with Crippen LogP contribution in [0, 0.1) is 0 Å². The third-order valence-corrected chi connectivity index (χ3v) is 5.18. The van der Waals surface area contributed by atoms with E-state index >= 15 is 0 Å². The van der Waals surface area contributed by atoms with Gasteiger partial charge in [-0.2, -0.15) is 0 Å². The van der Waals surface area contributed by atoms with Crippen LogP contribution < -0.4 is 0 Å². The van der Waals surface area contributed by atoms with E-state index in [-0.39, 0.29) is 5.41 Å². The van der Waals surface area contributed by atoms with Gasteiger partial charge in [-0.1, -0.05) is 44.0 Å². The molecule has 0 N–H and O–H groups in total. The van der Waals surface area contributed by atoms with E-state index in [9.17, 15) is 0 Å². The van der Waals surface area contributed by atoms with Gasteiger partial charge in [0.1, 0.15) is 5.15 Å². The lowest BCUT2D eigenvalue weighted by atomic mass is 9.92. The lowest BCUT2D eigenvalue weighted by Gasteiger charge is -2.20. The van der Waals surface area contributed by atoms with Crippen molar-refractivity contribution < 1.29 is 0 Å². The molecule has 0 atom stereocenters. The Morgan fingerprint density at radius 2 is 1.70 bits per heavy atom. The molecule has 2 aromatic rings. The smallest absolute Gasteiger partial charge is 0.161 e. The Morgan fingerprint density at radius 1 is 1.05 bits per heavy atom. The number of hydrogen-bond acceptors (Lipinski definition) is 2. The highest BCUT2D eigenvalue weighted by molar-refractivity contribution is 9.11. The number of rotatable bonds is 1. The number of nitrogens with zero attached hydrogens (tertiary/aromatic N) is 2. The van der Waals surface area contributed by atoms with Crippen molar-refractivity contribution in [2.24, 2.45) is 0 Å². The molecule has 1 aromatic heterocycles. The second-order valence-electron chi connectivity index (χ2n) is 5.38. The minimum atomic E-state index is -0.140. The normalized spacial score (nSPS) is 11.8. The summed E-state index contributed by atoms with van der Waals surface area (Å²) in [4.78, 5) is 8.95. The van der Waals surface area contributed by atoms with E-state index in [0.29, 0.717) is 16.0 Å². The first kappa shape index (κ1) is 16.2. The zero-order valence-corrected chi connectivity index (χ0v) is 15.8. The van der Waals surface area contributed by atoms with Crippen LogP contribution in [0.2, 0.25) is 10.2 Å². The molecule has 1 heterocycles. The Morgan fingerprint density at radius 3 is 2.25 bits per heavy atom. The van der Waals surface area contributed by atoms with E-state index in [4.69, 9.17) is 23.2 Å². The maximum absolute atomic E-state index is 6.21. The maximum Gasteiger partial charge on any atom is 0.161 e. The quantitative estimate of drug-likeness (QED) is 0.490. The molecule has 2 rings (SSSR count). The summed E-state index contributed by atoms with van der Waals surface area (Å²) in [6.07, 6.45) is 0. The number of hydrogen-bond donors (Lipinski definition) is 0. The predicted molar refractivity (Wildman–Crippen MR) is 91.6 cm³/mol. The minimum Gasteiger partial charge on any atom is -0.231 e. The monoisotopic (exact) mass is 436 g/mol. The van der Waals surface area contributed by atoms with Crippen molar-refractivity contribution in [3.8, 4) is 11.4 Å². The van der Waals surface area contributed by atoms with Crippen molar-refractivity contribution in [3.05, 3.63) is 43.0 Å². The second kappa shape index (κ2) is 5.91. The van der Waals surface area contributed by atoms with E-state index < -0.39 is 0 Å². The second-order valence-corrected chi connectivity index (χ2v) is 7.79. The molecular weight excluding hydrogens is 427 g/mol. The van der Waals surface area contributed by atoms with Crippen molar-refractivity contribution in [2.75, 3.05) is 0 Å². The molecule has 0 aliphatic heterocycles. The van der Waals surface area contributed by atoms with Crippen LogP contribution in [-0.2, 0) is 5.41 Å². The van der Waals surface area contributed by atoms with Crippen LogP contribution in [0.25, 0.3) is 11.4 Å². The Kier molecular flexibility index (Phi) is 4.80. The summed E-state index contributed by atoms with van der Waals surface area (Å²) in [5.74, 6) is 0.567. The van der Waals surface area contributed by atoms with Crippen molar-refractivity contribution in [2.45, 2.75) is 26.2 Å². The highest BCUT2D eigenvalue weighted by Crippen LogP contribution is 2.35. The van der Waals surface area contributed by atoms with Crippen LogP contribution >= 0.6 is 55.1 Å². The van der Waals surface area contributed by atoms with E-state index in [1.165, 1.54) is 0 Å². The zero-order valence-electron chi connectivity index (χ0n) is 11.1. The van der Waals surface area contributed by atoms with E-state index in [2.05, 4.69) is 62.6 Å². The summed E-state index contributed by atoms with van der Waals surface area (Å²) < 4.78 is 1.57. The number of halogens is 4. The Labute approximate surface area is 145 Å². The predicted octanol–water partition coefficient (Wildman–Crippen LogP) is 6.27. The summed E-state index contributed by atoms with van der Waals surface area (Å²) in [7, 11) is 0. The Hall–Kier alpha value is -0.160. The molecule has 20 heavy (non-hydrogen) atoms. The lowest BCUT2D eigenvalue weighted by molar-refractivity contribution is 0.564. The van der Waals surface area contributed by atoms with Gasteiger partial charge in [0.15, 0.2) is 5.82 Å². The fraction of sp³-hybridized carbons (Fsp3) is 0.286. The first-order chi connectivity index (χ1) is 9.20. The summed E-state index contributed by atoms with van der Waals surface area (Å²) in [5, 5.41) is 1.02. The Bertz CT molecular complexity index is 667. The van der Waals surface area contributed by atoms with E-state index in [1.54, 1.807) is 0 Å². The van der Waals surface area contributed by atoms with Gasteiger partial charge in [0.05, 0.1) is 15.2 Å². The molecule has 2 nitrogen and oxygen atoms in total. The fourth-order valence-electron chi connectivity index (χ4n) is 1.68. The molecule has 0 amide bonds. The van der Waals surface area contributed by atoms with Crippen LogP contribution in [0.1, 0.15) is 26.5 Å². The number of benzene rings is 1. The summed E-state index contributed by atoms with van der Waals surface area (Å²) >= 11 is 19.2. The summed E-state index contributed by atoms with van der Waals surface area (Å²) in [6.45, 7) is 6.23. The van der Waals surface area contributed by atoms with Crippen molar-refractivity contribution >= 4 is 55.1 Å². The van der Waals surface area contributed by atoms with Crippen LogP contribution in [-0.4, -0.2) is 9.97 Å². The Balaban J connectivity index is 2.63. The average Bonchev–Trinajstić information content (AvgIpc) is 2.34. The third-order valence-electron chi connectivity index (χ3n) is 2.70. The molecule has 0 spiro atoms. The minimum absolute atomic E-state index is 0.140. The first-order valence-electron chi connectivity index (χ1n) is 5.89. The largest absolute Gasteiger partial charge is 0.231 e. The zero-order chi connectivity index (χ0) is 15.1. The van der Waals surface area contributed by atoms with Crippen LogP contribution in [0.5, 0.6) is 0 Å². The van der Waals surface area contributed by atoms with Crippen LogP contribution in [0.15, 0.2) is 27.1 Å². The van der Waals surface area contributed by atoms with Crippen molar-refractivity contribution in [3.63, 3.8) is 0 Å². The summed E-state index contributed by atoms with van der Waals surface area (Å²) in [6, 6.07) is 5.59. The number of aromatic nitrogens is 2. The van der Waals surface area contributed by atoms with Gasteiger partial charge in [0.2, 0.25) is 0 Å². The molecule has 0 radical (unpaired) electrons. The van der Waals surface area contributed by atoms with Gasteiger partial charge in [-0.05, 0) is 50.1 Å². The van der Waals surface area contributed by atoms with Gasteiger partial charge in [0, 0.05) is 15.5 Å². The highest BCUT2D eigenvalue weighted by Gasteiger charge is 2.23. The molecule has 0 bridgehead atoms. The molecule has 0 saturated heterocycles. The van der Waals surface area contributed by atoms with Gasteiger partial charge in [-0.15, -0.1) is 0 Å². The van der Waals surface area contributed by atoms with Gasteiger partial charge in [0.25, 0.3) is 0 Å². The molecule has 0 unspecified atom stereocenters. The van der Waals surface area contributed by atoms with Crippen LogP contribution in [0.3, 0.4) is 0 Å². The fourth-order valence-corrected chi connectivity index (χ4v) is 3.05. The van der Waals surface area contributed by atoms with Gasteiger partial charge >= 0.3 is 0 Å². The third kappa shape index (κ3) is 3.35. The molecule has 0 fully saturated rings. The molecule has 0 aliphatic carbocycles. The summed E-state index contributed by atoms with van der Waals surface area (Å²) in [5.41, 5.74) is 1.56.